The third kappa shape index (κ3) is 3.66. The van der Waals surface area contributed by atoms with E-state index in [1.165, 1.54) is 11.3 Å². The zero-order valence-corrected chi connectivity index (χ0v) is 14.3. The van der Waals surface area contributed by atoms with Gasteiger partial charge in [-0.15, -0.1) is 5.10 Å². The van der Waals surface area contributed by atoms with Gasteiger partial charge in [0.2, 0.25) is 10.1 Å². The molecule has 116 valence electrons. The highest BCUT2D eigenvalue weighted by Crippen LogP contribution is 2.25. The highest BCUT2D eigenvalue weighted by atomic mass is 35.5. The number of nitrogens with one attached hydrogen (secondary N) is 1. The van der Waals surface area contributed by atoms with Gasteiger partial charge in [0.05, 0.1) is 11.9 Å². The summed E-state index contributed by atoms with van der Waals surface area (Å²) < 4.78 is 12.8. The second-order valence-corrected chi connectivity index (χ2v) is 7.77. The fourth-order valence-corrected chi connectivity index (χ4v) is 3.49. The van der Waals surface area contributed by atoms with E-state index in [-0.39, 0.29) is 0 Å². The lowest BCUT2D eigenvalue weighted by atomic mass is 10.2. The Balaban J connectivity index is 1.69. The molecule has 8 heteroatoms. The average molecular weight is 355 g/mol. The van der Waals surface area contributed by atoms with Gasteiger partial charge in [0, 0.05) is 39.9 Å². The molecule has 0 aliphatic heterocycles. The Morgan fingerprint density at radius 1 is 1.36 bits per heavy atom. The zero-order valence-electron chi connectivity index (χ0n) is 12.0. The topological polar surface area (TPSA) is 59.3 Å². The predicted molar refractivity (Wildman–Crippen MR) is 93.4 cm³/mol. The summed E-state index contributed by atoms with van der Waals surface area (Å²) in [5.41, 5.74) is 1.89. The van der Waals surface area contributed by atoms with Gasteiger partial charge < -0.3 is 5.32 Å². The minimum absolute atomic E-state index is 0.705. The smallest absolute Gasteiger partial charge is 0.214 e. The first-order chi connectivity index (χ1) is 10.6. The molecule has 0 fully saturated rings. The van der Waals surface area contributed by atoms with Gasteiger partial charge in [-0.2, -0.15) is 0 Å². The maximum atomic E-state index is 11.0. The van der Waals surface area contributed by atoms with Crippen molar-refractivity contribution in [2.75, 3.05) is 23.9 Å². The summed E-state index contributed by atoms with van der Waals surface area (Å²) in [6.07, 6.45) is 4.48. The number of aromatic nitrogens is 3. The molecule has 1 atom stereocenters. The van der Waals surface area contributed by atoms with Crippen LogP contribution in [0.4, 0.5) is 5.13 Å². The second-order valence-electron chi connectivity index (χ2n) is 4.83. The van der Waals surface area contributed by atoms with Crippen molar-refractivity contribution in [1.29, 1.82) is 0 Å². The van der Waals surface area contributed by atoms with E-state index < -0.39 is 10.8 Å². The summed E-state index contributed by atoms with van der Waals surface area (Å²) in [6, 6.07) is 7.59. The molecule has 1 unspecified atom stereocenters. The SMILES string of the molecule is CS(=O)CCCNc1nn2cc(-c3ccc(Cl)cc3)nc2s1. The summed E-state index contributed by atoms with van der Waals surface area (Å²) >= 11 is 7.40. The largest absolute Gasteiger partial charge is 0.360 e. The number of rotatable bonds is 6. The molecule has 2 aromatic heterocycles. The zero-order chi connectivity index (χ0) is 15.5. The molecule has 0 radical (unpaired) electrons. The second kappa shape index (κ2) is 6.76. The van der Waals surface area contributed by atoms with E-state index in [0.29, 0.717) is 10.8 Å². The molecular formula is C14H15ClN4OS2. The van der Waals surface area contributed by atoms with Crippen molar-refractivity contribution in [1.82, 2.24) is 14.6 Å². The molecule has 5 nitrogen and oxygen atoms in total. The summed E-state index contributed by atoms with van der Waals surface area (Å²) in [5.74, 6) is 0.705. The molecule has 1 aromatic carbocycles. The van der Waals surface area contributed by atoms with Crippen molar-refractivity contribution in [2.45, 2.75) is 6.42 Å². The van der Waals surface area contributed by atoms with Crippen LogP contribution < -0.4 is 5.32 Å². The van der Waals surface area contributed by atoms with Crippen LogP contribution in [0.3, 0.4) is 0 Å². The number of hydrogen-bond acceptors (Lipinski definition) is 5. The van der Waals surface area contributed by atoms with Crippen LogP contribution in [0.2, 0.25) is 5.02 Å². The first-order valence-electron chi connectivity index (χ1n) is 6.78. The lowest BCUT2D eigenvalue weighted by Gasteiger charge is -1.99. The molecule has 0 spiro atoms. The number of hydrogen-bond donors (Lipinski definition) is 1. The first kappa shape index (κ1) is 15.5. The Kier molecular flexibility index (Phi) is 4.75. The third-order valence-electron chi connectivity index (χ3n) is 3.07. The fraction of sp³-hybridized carbons (Fsp3) is 0.286. The number of nitrogens with zero attached hydrogens (tertiary/aromatic N) is 3. The highest BCUT2D eigenvalue weighted by Gasteiger charge is 2.09. The van der Waals surface area contributed by atoms with Crippen LogP contribution >= 0.6 is 22.9 Å². The molecular weight excluding hydrogens is 340 g/mol. The van der Waals surface area contributed by atoms with Crippen LogP contribution in [0.15, 0.2) is 30.5 Å². The van der Waals surface area contributed by atoms with Crippen LogP contribution in [0, 0.1) is 0 Å². The number of halogens is 1. The number of fused-ring (bicyclic) bond motifs is 1. The molecule has 0 saturated carbocycles. The summed E-state index contributed by atoms with van der Waals surface area (Å²) in [7, 11) is -0.740. The van der Waals surface area contributed by atoms with Gasteiger partial charge in [0.1, 0.15) is 0 Å². The number of imidazole rings is 1. The van der Waals surface area contributed by atoms with Crippen LogP contribution in [-0.2, 0) is 10.8 Å². The normalized spacial score (nSPS) is 12.6. The van der Waals surface area contributed by atoms with E-state index in [9.17, 15) is 4.21 Å². The summed E-state index contributed by atoms with van der Waals surface area (Å²) in [6.45, 7) is 0.764. The van der Waals surface area contributed by atoms with Gasteiger partial charge in [-0.3, -0.25) is 4.21 Å². The summed E-state index contributed by atoms with van der Waals surface area (Å²) in [5, 5.41) is 9.23. The van der Waals surface area contributed by atoms with E-state index in [1.807, 2.05) is 30.5 Å². The van der Waals surface area contributed by atoms with Crippen LogP contribution in [0.5, 0.6) is 0 Å². The molecule has 1 N–H and O–H groups in total. The monoisotopic (exact) mass is 354 g/mol. The highest BCUT2D eigenvalue weighted by molar-refractivity contribution is 7.84. The van der Waals surface area contributed by atoms with Gasteiger partial charge >= 0.3 is 0 Å². The quantitative estimate of drug-likeness (QED) is 0.690. The molecule has 0 aliphatic carbocycles. The minimum Gasteiger partial charge on any atom is -0.360 e. The molecule has 3 aromatic rings. The maximum Gasteiger partial charge on any atom is 0.214 e. The standard InChI is InChI=1S/C14H15ClN4OS2/c1-22(20)8-2-7-16-13-18-19-9-12(17-14(19)21-13)10-3-5-11(15)6-4-10/h3-6,9H,2,7-8H2,1H3,(H,16,18). The molecule has 0 saturated heterocycles. The van der Waals surface area contributed by atoms with Gasteiger partial charge in [0.15, 0.2) is 0 Å². The lowest BCUT2D eigenvalue weighted by Crippen LogP contribution is -2.06. The number of anilines is 1. The molecule has 0 amide bonds. The van der Waals surface area contributed by atoms with Crippen molar-refractivity contribution < 1.29 is 4.21 Å². The van der Waals surface area contributed by atoms with Crippen LogP contribution in [0.1, 0.15) is 6.42 Å². The molecule has 0 aliphatic rings. The predicted octanol–water partition coefficient (Wildman–Crippen LogP) is 3.29. The van der Waals surface area contributed by atoms with Crippen molar-refractivity contribution >= 4 is 43.8 Å². The van der Waals surface area contributed by atoms with Crippen LogP contribution in [-0.4, -0.2) is 37.4 Å². The van der Waals surface area contributed by atoms with Crippen molar-refractivity contribution in [3.8, 4) is 11.3 Å². The van der Waals surface area contributed by atoms with Crippen molar-refractivity contribution in [2.24, 2.45) is 0 Å². The van der Waals surface area contributed by atoms with E-state index in [2.05, 4.69) is 15.4 Å². The Morgan fingerprint density at radius 3 is 2.82 bits per heavy atom. The molecule has 22 heavy (non-hydrogen) atoms. The lowest BCUT2D eigenvalue weighted by molar-refractivity contribution is 0.685. The van der Waals surface area contributed by atoms with Crippen LogP contribution in [0.25, 0.3) is 16.2 Å². The van der Waals surface area contributed by atoms with Gasteiger partial charge in [-0.25, -0.2) is 9.50 Å². The van der Waals surface area contributed by atoms with E-state index in [4.69, 9.17) is 11.6 Å². The van der Waals surface area contributed by atoms with Gasteiger partial charge in [0.25, 0.3) is 0 Å². The first-order valence-corrected chi connectivity index (χ1v) is 9.70. The van der Waals surface area contributed by atoms with Gasteiger partial charge in [-0.1, -0.05) is 35.1 Å². The Labute approximate surface area is 139 Å². The Morgan fingerprint density at radius 2 is 2.14 bits per heavy atom. The number of benzene rings is 1. The van der Waals surface area contributed by atoms with Crippen molar-refractivity contribution in [3.63, 3.8) is 0 Å². The molecule has 0 bridgehead atoms. The fourth-order valence-electron chi connectivity index (χ4n) is 2.00. The Hall–Kier alpha value is -1.44. The van der Waals surface area contributed by atoms with Gasteiger partial charge in [-0.05, 0) is 18.6 Å². The summed E-state index contributed by atoms with van der Waals surface area (Å²) in [4.78, 5) is 5.42. The third-order valence-corrected chi connectivity index (χ3v) is 5.06. The van der Waals surface area contributed by atoms with E-state index in [0.717, 1.165) is 34.3 Å². The van der Waals surface area contributed by atoms with Crippen molar-refractivity contribution in [3.05, 3.63) is 35.5 Å². The molecule has 3 rings (SSSR count). The average Bonchev–Trinajstić information content (AvgIpc) is 3.02. The molecule has 2 heterocycles. The Bertz CT molecular complexity index is 765. The van der Waals surface area contributed by atoms with E-state index >= 15 is 0 Å². The minimum atomic E-state index is -0.740. The maximum absolute atomic E-state index is 11.0. The van der Waals surface area contributed by atoms with E-state index in [1.54, 1.807) is 10.8 Å².